The summed E-state index contributed by atoms with van der Waals surface area (Å²) in [5.74, 6) is -0.351. The van der Waals surface area contributed by atoms with Crippen molar-refractivity contribution in [3.05, 3.63) is 69.3 Å². The van der Waals surface area contributed by atoms with E-state index in [1.807, 2.05) is 49.9 Å². The van der Waals surface area contributed by atoms with Crippen LogP contribution < -0.4 is 15.8 Å². The van der Waals surface area contributed by atoms with Gasteiger partial charge in [0.25, 0.3) is 5.56 Å². The number of hydrogen-bond donors (Lipinski definition) is 1. The monoisotopic (exact) mass is 605 g/mol. The first-order chi connectivity index (χ1) is 20.8. The summed E-state index contributed by atoms with van der Waals surface area (Å²) in [6, 6.07) is 7.11. The number of hydrogen-bond acceptors (Lipinski definition) is 8. The highest BCUT2D eigenvalue weighted by Crippen LogP contribution is 2.33. The lowest BCUT2D eigenvalue weighted by atomic mass is 10.1. The number of nitrogens with zero attached hydrogens (tertiary/aromatic N) is 4. The summed E-state index contributed by atoms with van der Waals surface area (Å²) >= 11 is 0. The summed E-state index contributed by atoms with van der Waals surface area (Å²) in [7, 11) is 1.29. The smallest absolute Gasteiger partial charge is 0.407 e. The van der Waals surface area contributed by atoms with Gasteiger partial charge < -0.3 is 24.3 Å². The van der Waals surface area contributed by atoms with E-state index in [4.69, 9.17) is 9.47 Å². The van der Waals surface area contributed by atoms with Gasteiger partial charge in [-0.25, -0.2) is 14.6 Å². The molecule has 0 radical (unpaired) electrons. The van der Waals surface area contributed by atoms with E-state index in [1.165, 1.54) is 18.0 Å². The van der Waals surface area contributed by atoms with Crippen molar-refractivity contribution in [1.82, 2.24) is 19.4 Å². The zero-order valence-electron chi connectivity index (χ0n) is 26.7. The number of alkyl carbamates (subject to hydrolysis) is 1. The molecule has 11 nitrogen and oxygen atoms in total. The lowest BCUT2D eigenvalue weighted by molar-refractivity contribution is 0.0498. The van der Waals surface area contributed by atoms with Gasteiger partial charge in [-0.3, -0.25) is 14.2 Å². The molecule has 1 N–H and O–H groups in total. The molecule has 1 fully saturated rings. The van der Waals surface area contributed by atoms with Crippen LogP contribution in [-0.2, 0) is 29.0 Å². The first kappa shape index (κ1) is 32.5. The number of piperidine rings is 1. The van der Waals surface area contributed by atoms with Crippen LogP contribution in [0.5, 0.6) is 0 Å². The quantitative estimate of drug-likeness (QED) is 0.208. The van der Waals surface area contributed by atoms with E-state index in [-0.39, 0.29) is 35.0 Å². The average molecular weight is 606 g/mol. The van der Waals surface area contributed by atoms with Crippen LogP contribution >= 0.6 is 0 Å². The van der Waals surface area contributed by atoms with Crippen LogP contribution in [0.25, 0.3) is 11.0 Å². The molecular formula is C33H43N5O6. The van der Waals surface area contributed by atoms with Gasteiger partial charge in [0.15, 0.2) is 5.78 Å². The number of esters is 1. The molecule has 3 heterocycles. The van der Waals surface area contributed by atoms with Crippen molar-refractivity contribution in [2.75, 3.05) is 25.1 Å². The van der Waals surface area contributed by atoms with Crippen LogP contribution in [0.1, 0.15) is 80.7 Å². The highest BCUT2D eigenvalue weighted by molar-refractivity contribution is 6.08. The van der Waals surface area contributed by atoms with Gasteiger partial charge in [-0.05, 0) is 65.5 Å². The molecule has 1 aliphatic heterocycles. The lowest BCUT2D eigenvalue weighted by Crippen LogP contribution is -2.49. The summed E-state index contributed by atoms with van der Waals surface area (Å²) in [6.45, 7) is 12.4. The van der Waals surface area contributed by atoms with E-state index < -0.39 is 23.2 Å². The molecule has 1 atom stereocenters. The van der Waals surface area contributed by atoms with Gasteiger partial charge in [0.2, 0.25) is 0 Å². The SMILES string of the molecule is CCc1cccc(C(=O)Cn2cnc3c(C(=O)OC)c(N4CCC[C@@H](NC(=O)OC(C)(C)C)C4)n(CC=C(C)C)c3c2=O)c1. The topological polar surface area (TPSA) is 125 Å². The molecule has 11 heteroatoms. The minimum Gasteiger partial charge on any atom is -0.465 e. The van der Waals surface area contributed by atoms with Crippen LogP contribution in [0.15, 0.2) is 47.0 Å². The Kier molecular flexibility index (Phi) is 9.96. The molecule has 1 aromatic carbocycles. The number of allylic oxidation sites excluding steroid dienone is 2. The molecule has 44 heavy (non-hydrogen) atoms. The molecule has 0 unspecified atom stereocenters. The molecule has 0 bridgehead atoms. The molecule has 0 saturated carbocycles. The number of aromatic nitrogens is 3. The van der Waals surface area contributed by atoms with E-state index in [0.717, 1.165) is 30.4 Å². The fraction of sp³-hybridized carbons (Fsp3) is 0.485. The van der Waals surface area contributed by atoms with Gasteiger partial charge in [-0.15, -0.1) is 0 Å². The Hall–Kier alpha value is -4.41. The van der Waals surface area contributed by atoms with Crippen molar-refractivity contribution in [3.8, 4) is 0 Å². The molecule has 1 saturated heterocycles. The molecule has 3 aromatic rings. The summed E-state index contributed by atoms with van der Waals surface area (Å²) < 4.78 is 13.7. The maximum absolute atomic E-state index is 14.1. The predicted molar refractivity (Wildman–Crippen MR) is 170 cm³/mol. The third-order valence-corrected chi connectivity index (χ3v) is 7.48. The number of amides is 1. The summed E-state index contributed by atoms with van der Waals surface area (Å²) in [4.78, 5) is 59.7. The van der Waals surface area contributed by atoms with Crippen LogP contribution in [-0.4, -0.2) is 63.8 Å². The Labute approximate surface area is 257 Å². The number of aryl methyl sites for hydroxylation is 1. The summed E-state index contributed by atoms with van der Waals surface area (Å²) in [6.07, 6.45) is 5.01. The van der Waals surface area contributed by atoms with E-state index in [2.05, 4.69) is 10.3 Å². The highest BCUT2D eigenvalue weighted by Gasteiger charge is 2.33. The maximum atomic E-state index is 14.1. The maximum Gasteiger partial charge on any atom is 0.407 e. The number of carbonyl (C=O) groups excluding carboxylic acids is 3. The number of rotatable bonds is 9. The first-order valence-corrected chi connectivity index (χ1v) is 15.0. The van der Waals surface area contributed by atoms with Gasteiger partial charge >= 0.3 is 12.1 Å². The Balaban J connectivity index is 1.81. The fourth-order valence-corrected chi connectivity index (χ4v) is 5.41. The minimum absolute atomic E-state index is 0.175. The normalized spacial score (nSPS) is 15.2. The number of ether oxygens (including phenoxy) is 2. The highest BCUT2D eigenvalue weighted by atomic mass is 16.6. The van der Waals surface area contributed by atoms with Crippen molar-refractivity contribution in [2.24, 2.45) is 0 Å². The van der Waals surface area contributed by atoms with E-state index in [9.17, 15) is 19.2 Å². The minimum atomic E-state index is -0.640. The van der Waals surface area contributed by atoms with Crippen LogP contribution in [0.2, 0.25) is 0 Å². The average Bonchev–Trinajstić information content (AvgIpc) is 3.31. The number of nitrogens with one attached hydrogen (secondary N) is 1. The van der Waals surface area contributed by atoms with Gasteiger partial charge in [0, 0.05) is 31.2 Å². The lowest BCUT2D eigenvalue weighted by Gasteiger charge is -2.35. The molecule has 2 aromatic heterocycles. The largest absolute Gasteiger partial charge is 0.465 e. The Morgan fingerprint density at radius 3 is 2.59 bits per heavy atom. The number of carbonyl (C=O) groups is 3. The summed E-state index contributed by atoms with van der Waals surface area (Å²) in [5.41, 5.74) is 2.08. The van der Waals surface area contributed by atoms with Crippen LogP contribution in [0.4, 0.5) is 10.6 Å². The van der Waals surface area contributed by atoms with Gasteiger partial charge in [-0.2, -0.15) is 0 Å². The zero-order chi connectivity index (χ0) is 32.2. The number of Topliss-reactive ketones (excluding diaryl/α,β-unsaturated/α-hetero) is 1. The molecular weight excluding hydrogens is 562 g/mol. The Morgan fingerprint density at radius 1 is 1.18 bits per heavy atom. The Morgan fingerprint density at radius 2 is 1.93 bits per heavy atom. The molecule has 1 aliphatic rings. The zero-order valence-corrected chi connectivity index (χ0v) is 26.7. The molecule has 236 valence electrons. The van der Waals surface area contributed by atoms with E-state index in [1.54, 1.807) is 31.4 Å². The second-order valence-electron chi connectivity index (χ2n) is 12.4. The third kappa shape index (κ3) is 7.38. The standard InChI is InChI=1S/C33H43N5O6/c1-8-22-11-9-12-23(17-22)25(39)19-37-20-34-27-26(31(41)43-7)29(38(16-14-21(2)3)28(27)30(37)40)36-15-10-13-24(18-36)35-32(42)44-33(4,5)6/h9,11-12,14,17,20,24H,8,10,13,15-16,18-19H2,1-7H3,(H,35,42)/t24-/m1/s1. The molecule has 4 rings (SSSR count). The van der Waals surface area contributed by atoms with Crippen molar-refractivity contribution >= 4 is 34.7 Å². The van der Waals surface area contributed by atoms with Crippen molar-refractivity contribution < 1.29 is 23.9 Å². The van der Waals surface area contributed by atoms with Crippen molar-refractivity contribution in [1.29, 1.82) is 0 Å². The predicted octanol–water partition coefficient (Wildman–Crippen LogP) is 4.89. The number of fused-ring (bicyclic) bond motifs is 1. The van der Waals surface area contributed by atoms with Gasteiger partial charge in [-0.1, -0.05) is 36.8 Å². The second-order valence-corrected chi connectivity index (χ2v) is 12.4. The van der Waals surface area contributed by atoms with E-state index in [0.29, 0.717) is 31.0 Å². The fourth-order valence-electron chi connectivity index (χ4n) is 5.41. The van der Waals surface area contributed by atoms with Gasteiger partial charge in [0.1, 0.15) is 28.0 Å². The van der Waals surface area contributed by atoms with Crippen molar-refractivity contribution in [2.45, 2.75) is 85.5 Å². The van der Waals surface area contributed by atoms with Gasteiger partial charge in [0.05, 0.1) is 20.0 Å². The Bertz CT molecular complexity index is 1640. The summed E-state index contributed by atoms with van der Waals surface area (Å²) in [5, 5.41) is 2.95. The van der Waals surface area contributed by atoms with Crippen LogP contribution in [0, 0.1) is 0 Å². The number of methoxy groups -OCH3 is 1. The molecule has 0 aliphatic carbocycles. The van der Waals surface area contributed by atoms with Crippen molar-refractivity contribution in [3.63, 3.8) is 0 Å². The molecule has 1 amide bonds. The number of anilines is 1. The molecule has 0 spiro atoms. The first-order valence-electron chi connectivity index (χ1n) is 15.0. The van der Waals surface area contributed by atoms with E-state index >= 15 is 0 Å². The third-order valence-electron chi connectivity index (χ3n) is 7.48. The second kappa shape index (κ2) is 13.5. The number of ketones is 1. The number of benzene rings is 1. The van der Waals surface area contributed by atoms with Crippen LogP contribution in [0.3, 0.4) is 0 Å².